The van der Waals surface area contributed by atoms with Crippen molar-refractivity contribution in [2.24, 2.45) is 0 Å². The summed E-state index contributed by atoms with van der Waals surface area (Å²) in [4.78, 5) is 12.9. The molecular formula is C12H12N4. The highest BCUT2D eigenvalue weighted by molar-refractivity contribution is 5.36. The average molecular weight is 212 g/mol. The third kappa shape index (κ3) is 1.43. The van der Waals surface area contributed by atoms with Gasteiger partial charge in [0, 0.05) is 18.3 Å². The largest absolute Gasteiger partial charge is 0.382 e. The minimum absolute atomic E-state index is 0.257. The Hall–Kier alpha value is -1.97. The molecule has 1 unspecified atom stereocenters. The summed E-state index contributed by atoms with van der Waals surface area (Å²) in [6.07, 6.45) is 7.29. The van der Waals surface area contributed by atoms with Crippen molar-refractivity contribution in [3.05, 3.63) is 47.7 Å². The van der Waals surface area contributed by atoms with Crippen molar-refractivity contribution >= 4 is 5.82 Å². The molecule has 2 N–H and O–H groups in total. The van der Waals surface area contributed by atoms with Crippen LogP contribution >= 0.6 is 0 Å². The van der Waals surface area contributed by atoms with Gasteiger partial charge in [-0.25, -0.2) is 4.98 Å². The minimum atomic E-state index is 0.257. The fourth-order valence-corrected chi connectivity index (χ4v) is 2.27. The van der Waals surface area contributed by atoms with Crippen molar-refractivity contribution in [3.63, 3.8) is 0 Å². The van der Waals surface area contributed by atoms with E-state index in [1.54, 1.807) is 12.4 Å². The lowest BCUT2D eigenvalue weighted by atomic mass is 10.0. The lowest BCUT2D eigenvalue weighted by Crippen LogP contribution is -2.04. The molecule has 0 aliphatic heterocycles. The van der Waals surface area contributed by atoms with E-state index in [2.05, 4.69) is 21.0 Å². The number of aryl methyl sites for hydroxylation is 1. The van der Waals surface area contributed by atoms with Crippen molar-refractivity contribution in [2.45, 2.75) is 18.8 Å². The van der Waals surface area contributed by atoms with E-state index in [1.807, 2.05) is 12.3 Å². The Balaban J connectivity index is 2.05. The molecule has 0 spiro atoms. The summed E-state index contributed by atoms with van der Waals surface area (Å²) in [6.45, 7) is 0. The molecule has 4 nitrogen and oxygen atoms in total. The monoisotopic (exact) mass is 212 g/mol. The van der Waals surface area contributed by atoms with Crippen LogP contribution in [0.4, 0.5) is 5.82 Å². The zero-order chi connectivity index (χ0) is 11.0. The first-order valence-corrected chi connectivity index (χ1v) is 5.36. The van der Waals surface area contributed by atoms with Crippen LogP contribution in [0.5, 0.6) is 0 Å². The number of aromatic nitrogens is 3. The Morgan fingerprint density at radius 2 is 2.25 bits per heavy atom. The summed E-state index contributed by atoms with van der Waals surface area (Å²) in [7, 11) is 0. The van der Waals surface area contributed by atoms with Crippen LogP contribution in [-0.4, -0.2) is 15.0 Å². The molecule has 0 saturated heterocycles. The Kier molecular flexibility index (Phi) is 2.06. The molecule has 0 fully saturated rings. The summed E-state index contributed by atoms with van der Waals surface area (Å²) in [6, 6.07) is 4.11. The van der Waals surface area contributed by atoms with E-state index in [9.17, 15) is 0 Å². The molecule has 2 heterocycles. The Bertz CT molecular complexity index is 524. The highest BCUT2D eigenvalue weighted by Gasteiger charge is 2.26. The minimum Gasteiger partial charge on any atom is -0.382 e. The molecule has 1 atom stereocenters. The molecule has 0 saturated carbocycles. The van der Waals surface area contributed by atoms with Gasteiger partial charge < -0.3 is 5.73 Å². The van der Waals surface area contributed by atoms with Crippen LogP contribution in [0.25, 0.3) is 0 Å². The van der Waals surface area contributed by atoms with Crippen LogP contribution in [0.1, 0.15) is 29.3 Å². The van der Waals surface area contributed by atoms with Crippen LogP contribution < -0.4 is 5.73 Å². The summed E-state index contributed by atoms with van der Waals surface area (Å²) < 4.78 is 0. The van der Waals surface area contributed by atoms with E-state index >= 15 is 0 Å². The number of fused-ring (bicyclic) bond motifs is 1. The van der Waals surface area contributed by atoms with Gasteiger partial charge in [0.25, 0.3) is 0 Å². The fraction of sp³-hybridized carbons (Fsp3) is 0.250. The van der Waals surface area contributed by atoms with Crippen LogP contribution in [0, 0.1) is 0 Å². The predicted octanol–water partition coefficient (Wildman–Crippen LogP) is 1.53. The first-order valence-electron chi connectivity index (χ1n) is 5.36. The number of nitrogen functional groups attached to an aromatic ring is 1. The molecule has 1 aliphatic rings. The maximum Gasteiger partial charge on any atom is 0.142 e. The lowest BCUT2D eigenvalue weighted by Gasteiger charge is -2.09. The lowest BCUT2D eigenvalue weighted by molar-refractivity contribution is 0.742. The maximum atomic E-state index is 5.65. The normalized spacial score (nSPS) is 18.4. The highest BCUT2D eigenvalue weighted by Crippen LogP contribution is 2.35. The van der Waals surface area contributed by atoms with Crippen LogP contribution in [0.3, 0.4) is 0 Å². The van der Waals surface area contributed by atoms with Gasteiger partial charge in [-0.05, 0) is 24.5 Å². The average Bonchev–Trinajstić information content (AvgIpc) is 2.72. The van der Waals surface area contributed by atoms with Crippen molar-refractivity contribution in [3.8, 4) is 0 Å². The van der Waals surface area contributed by atoms with E-state index in [-0.39, 0.29) is 5.92 Å². The molecule has 80 valence electrons. The molecule has 1 aliphatic carbocycles. The second-order valence-electron chi connectivity index (χ2n) is 4.01. The second kappa shape index (κ2) is 3.56. The molecule has 3 rings (SSSR count). The number of rotatable bonds is 1. The van der Waals surface area contributed by atoms with Gasteiger partial charge in [0.05, 0.1) is 17.6 Å². The van der Waals surface area contributed by atoms with Gasteiger partial charge in [-0.3, -0.25) is 9.97 Å². The maximum absolute atomic E-state index is 5.65. The van der Waals surface area contributed by atoms with E-state index in [0.29, 0.717) is 5.82 Å². The number of hydrogen-bond donors (Lipinski definition) is 1. The summed E-state index contributed by atoms with van der Waals surface area (Å²) in [5.41, 5.74) is 9.02. The molecule has 4 heteroatoms. The topological polar surface area (TPSA) is 64.7 Å². The molecule has 0 amide bonds. The van der Waals surface area contributed by atoms with Gasteiger partial charge in [-0.1, -0.05) is 6.07 Å². The van der Waals surface area contributed by atoms with E-state index < -0.39 is 0 Å². The second-order valence-corrected chi connectivity index (χ2v) is 4.01. The number of nitrogens with two attached hydrogens (primary N) is 1. The summed E-state index contributed by atoms with van der Waals surface area (Å²) >= 11 is 0. The van der Waals surface area contributed by atoms with E-state index in [0.717, 1.165) is 24.2 Å². The van der Waals surface area contributed by atoms with Gasteiger partial charge in [-0.2, -0.15) is 0 Å². The third-order valence-electron chi connectivity index (χ3n) is 2.99. The fourth-order valence-electron chi connectivity index (χ4n) is 2.27. The zero-order valence-electron chi connectivity index (χ0n) is 8.80. The van der Waals surface area contributed by atoms with Gasteiger partial charge >= 0.3 is 0 Å². The van der Waals surface area contributed by atoms with Crippen LogP contribution in [0.15, 0.2) is 30.7 Å². The Morgan fingerprint density at radius 1 is 1.31 bits per heavy atom. The van der Waals surface area contributed by atoms with Crippen molar-refractivity contribution in [1.29, 1.82) is 0 Å². The first kappa shape index (κ1) is 9.27. The standard InChI is InChI=1S/C12H12N4/c13-11-7-14-6-10(16-11)9-4-3-8-2-1-5-15-12(8)9/h1-2,5-7,9H,3-4H2,(H2,13,16). The number of nitrogens with zero attached hydrogens (tertiary/aromatic N) is 3. The quantitative estimate of drug-likeness (QED) is 0.778. The van der Waals surface area contributed by atoms with Crippen LogP contribution in [-0.2, 0) is 6.42 Å². The Morgan fingerprint density at radius 3 is 3.12 bits per heavy atom. The van der Waals surface area contributed by atoms with Gasteiger partial charge in [0.15, 0.2) is 0 Å². The smallest absolute Gasteiger partial charge is 0.142 e. The van der Waals surface area contributed by atoms with Crippen molar-refractivity contribution in [2.75, 3.05) is 5.73 Å². The number of pyridine rings is 1. The summed E-state index contributed by atoms with van der Waals surface area (Å²) in [5.74, 6) is 0.731. The van der Waals surface area contributed by atoms with E-state index in [1.165, 1.54) is 5.56 Å². The highest BCUT2D eigenvalue weighted by atomic mass is 14.9. The zero-order valence-corrected chi connectivity index (χ0v) is 8.80. The SMILES string of the molecule is Nc1cncc(C2CCc3cccnc32)n1. The summed E-state index contributed by atoms with van der Waals surface area (Å²) in [5, 5.41) is 0. The third-order valence-corrected chi connectivity index (χ3v) is 2.99. The molecule has 16 heavy (non-hydrogen) atoms. The Labute approximate surface area is 93.6 Å². The van der Waals surface area contributed by atoms with Crippen molar-refractivity contribution < 1.29 is 0 Å². The number of anilines is 1. The first-order chi connectivity index (χ1) is 7.84. The van der Waals surface area contributed by atoms with Crippen molar-refractivity contribution in [1.82, 2.24) is 15.0 Å². The molecule has 2 aromatic heterocycles. The predicted molar refractivity (Wildman–Crippen MR) is 60.8 cm³/mol. The molecule has 2 aromatic rings. The van der Waals surface area contributed by atoms with E-state index in [4.69, 9.17) is 5.73 Å². The van der Waals surface area contributed by atoms with Gasteiger partial charge in [-0.15, -0.1) is 0 Å². The molecule has 0 aromatic carbocycles. The number of hydrogen-bond acceptors (Lipinski definition) is 4. The molecule has 0 bridgehead atoms. The molecule has 0 radical (unpaired) electrons. The van der Waals surface area contributed by atoms with Crippen LogP contribution in [0.2, 0.25) is 0 Å². The van der Waals surface area contributed by atoms with Gasteiger partial charge in [0.1, 0.15) is 5.82 Å². The molecular weight excluding hydrogens is 200 g/mol. The van der Waals surface area contributed by atoms with Gasteiger partial charge in [0.2, 0.25) is 0 Å².